The van der Waals surface area contributed by atoms with Crippen molar-refractivity contribution in [3.8, 4) is 0 Å². The molecule has 2 aliphatic rings. The summed E-state index contributed by atoms with van der Waals surface area (Å²) in [5.41, 5.74) is 0. The molecular formula is C15H28N2O3S. The number of carbonyl (C=O) groups excluding carboxylic acids is 1. The third-order valence-electron chi connectivity index (χ3n) is 4.61. The standard InChI is InChI=1S/C15H28N2O3S/c1-3-10-21(19,20)17-9-5-8-14(17)15(18)16-13-7-4-6-12(2)11-13/h12-14H,3-11H2,1-2H3,(H,16,18). The Hall–Kier alpha value is -0.620. The van der Waals surface area contributed by atoms with E-state index < -0.39 is 16.1 Å². The lowest BCUT2D eigenvalue weighted by molar-refractivity contribution is -0.125. The zero-order chi connectivity index (χ0) is 15.5. The van der Waals surface area contributed by atoms with Gasteiger partial charge < -0.3 is 5.32 Å². The third-order valence-corrected chi connectivity index (χ3v) is 6.68. The molecule has 1 aliphatic heterocycles. The van der Waals surface area contributed by atoms with E-state index in [1.807, 2.05) is 6.92 Å². The molecule has 1 saturated heterocycles. The first-order valence-corrected chi connectivity index (χ1v) is 9.85. The Bertz CT molecular complexity index is 464. The van der Waals surface area contributed by atoms with Crippen molar-refractivity contribution in [1.82, 2.24) is 9.62 Å². The van der Waals surface area contributed by atoms with Crippen LogP contribution in [0, 0.1) is 5.92 Å². The first-order chi connectivity index (χ1) is 9.94. The van der Waals surface area contributed by atoms with Crippen molar-refractivity contribution in [2.45, 2.75) is 70.9 Å². The number of rotatable bonds is 5. The van der Waals surface area contributed by atoms with Gasteiger partial charge in [0, 0.05) is 12.6 Å². The minimum atomic E-state index is -3.28. The minimum Gasteiger partial charge on any atom is -0.352 e. The van der Waals surface area contributed by atoms with Crippen LogP contribution in [0.4, 0.5) is 0 Å². The topological polar surface area (TPSA) is 66.5 Å². The molecule has 1 heterocycles. The van der Waals surface area contributed by atoms with Crippen LogP contribution in [-0.2, 0) is 14.8 Å². The normalized spacial score (nSPS) is 31.2. The highest BCUT2D eigenvalue weighted by atomic mass is 32.2. The molecule has 1 aliphatic carbocycles. The average molecular weight is 316 g/mol. The van der Waals surface area contributed by atoms with E-state index in [2.05, 4.69) is 12.2 Å². The lowest BCUT2D eigenvalue weighted by Gasteiger charge is -2.30. The molecule has 1 saturated carbocycles. The summed E-state index contributed by atoms with van der Waals surface area (Å²) in [6.07, 6.45) is 6.43. The predicted molar refractivity (Wildman–Crippen MR) is 83.4 cm³/mol. The molecule has 122 valence electrons. The molecule has 0 radical (unpaired) electrons. The van der Waals surface area contributed by atoms with E-state index in [0.29, 0.717) is 25.3 Å². The second-order valence-corrected chi connectivity index (χ2v) is 8.60. The predicted octanol–water partition coefficient (Wildman–Crippen LogP) is 1.89. The maximum absolute atomic E-state index is 12.5. The monoisotopic (exact) mass is 316 g/mol. The lowest BCUT2D eigenvalue weighted by atomic mass is 9.87. The van der Waals surface area contributed by atoms with Crippen LogP contribution in [0.1, 0.15) is 58.8 Å². The van der Waals surface area contributed by atoms with E-state index in [1.165, 1.54) is 10.7 Å². The SMILES string of the molecule is CCCS(=O)(=O)N1CCCC1C(=O)NC1CCCC(C)C1. The van der Waals surface area contributed by atoms with Gasteiger partial charge >= 0.3 is 0 Å². The molecule has 1 N–H and O–H groups in total. The molecule has 5 nitrogen and oxygen atoms in total. The quantitative estimate of drug-likeness (QED) is 0.842. The Morgan fingerprint density at radius 3 is 2.67 bits per heavy atom. The van der Waals surface area contributed by atoms with Crippen molar-refractivity contribution in [1.29, 1.82) is 0 Å². The van der Waals surface area contributed by atoms with E-state index in [4.69, 9.17) is 0 Å². The highest BCUT2D eigenvalue weighted by Crippen LogP contribution is 2.26. The maximum Gasteiger partial charge on any atom is 0.238 e. The average Bonchev–Trinajstić information content (AvgIpc) is 2.88. The number of nitrogens with zero attached hydrogens (tertiary/aromatic N) is 1. The maximum atomic E-state index is 12.5. The zero-order valence-electron chi connectivity index (χ0n) is 13.2. The molecule has 1 amide bonds. The van der Waals surface area contributed by atoms with Crippen LogP contribution in [0.15, 0.2) is 0 Å². The van der Waals surface area contributed by atoms with Crippen LogP contribution in [0.2, 0.25) is 0 Å². The Labute approximate surface area is 128 Å². The molecule has 3 unspecified atom stereocenters. The Morgan fingerprint density at radius 1 is 1.24 bits per heavy atom. The van der Waals surface area contributed by atoms with E-state index in [1.54, 1.807) is 0 Å². The number of hydrogen-bond acceptors (Lipinski definition) is 3. The molecule has 0 aromatic carbocycles. The molecule has 2 rings (SSSR count). The van der Waals surface area contributed by atoms with Gasteiger partial charge in [0.15, 0.2) is 0 Å². The molecule has 0 aromatic heterocycles. The van der Waals surface area contributed by atoms with Crippen LogP contribution in [0.25, 0.3) is 0 Å². The van der Waals surface area contributed by atoms with Crippen LogP contribution in [-0.4, -0.2) is 43.0 Å². The molecule has 0 spiro atoms. The summed E-state index contributed by atoms with van der Waals surface area (Å²) in [4.78, 5) is 12.5. The number of amides is 1. The number of carbonyl (C=O) groups is 1. The summed E-state index contributed by atoms with van der Waals surface area (Å²) in [5.74, 6) is 0.691. The van der Waals surface area contributed by atoms with Gasteiger partial charge in [-0.2, -0.15) is 4.31 Å². The van der Waals surface area contributed by atoms with Crippen molar-refractivity contribution in [3.05, 3.63) is 0 Å². The summed E-state index contributed by atoms with van der Waals surface area (Å²) >= 11 is 0. The third kappa shape index (κ3) is 4.19. The number of hydrogen-bond donors (Lipinski definition) is 1. The Balaban J connectivity index is 1.97. The van der Waals surface area contributed by atoms with Crippen molar-refractivity contribution < 1.29 is 13.2 Å². The van der Waals surface area contributed by atoms with Gasteiger partial charge in [-0.25, -0.2) is 8.42 Å². The van der Waals surface area contributed by atoms with E-state index in [9.17, 15) is 13.2 Å². The van der Waals surface area contributed by atoms with Crippen LogP contribution in [0.5, 0.6) is 0 Å². The fraction of sp³-hybridized carbons (Fsp3) is 0.933. The first kappa shape index (κ1) is 16.7. The molecular weight excluding hydrogens is 288 g/mol. The van der Waals surface area contributed by atoms with Gasteiger partial charge in [-0.3, -0.25) is 4.79 Å². The van der Waals surface area contributed by atoms with Crippen molar-refractivity contribution in [2.24, 2.45) is 5.92 Å². The zero-order valence-corrected chi connectivity index (χ0v) is 14.0. The smallest absolute Gasteiger partial charge is 0.238 e. The first-order valence-electron chi connectivity index (χ1n) is 8.24. The fourth-order valence-electron chi connectivity index (χ4n) is 3.57. The molecule has 3 atom stereocenters. The van der Waals surface area contributed by atoms with Crippen molar-refractivity contribution in [2.75, 3.05) is 12.3 Å². The summed E-state index contributed by atoms with van der Waals surface area (Å²) < 4.78 is 25.9. The summed E-state index contributed by atoms with van der Waals surface area (Å²) in [6, 6.07) is -0.267. The van der Waals surface area contributed by atoms with Crippen LogP contribution in [0.3, 0.4) is 0 Å². The second kappa shape index (κ2) is 7.09. The summed E-state index contributed by atoms with van der Waals surface area (Å²) in [6.45, 7) is 4.56. The van der Waals surface area contributed by atoms with Gasteiger partial charge in [-0.05, 0) is 38.0 Å². The van der Waals surface area contributed by atoms with Gasteiger partial charge in [-0.15, -0.1) is 0 Å². The Kier molecular flexibility index (Phi) is 5.66. The van der Waals surface area contributed by atoms with E-state index in [0.717, 1.165) is 25.7 Å². The van der Waals surface area contributed by atoms with E-state index >= 15 is 0 Å². The number of sulfonamides is 1. The van der Waals surface area contributed by atoms with Gasteiger partial charge in [0.25, 0.3) is 0 Å². The lowest BCUT2D eigenvalue weighted by Crippen LogP contribution is -2.50. The molecule has 6 heteroatoms. The number of nitrogens with one attached hydrogen (secondary N) is 1. The summed E-state index contributed by atoms with van der Waals surface area (Å²) in [7, 11) is -3.28. The molecule has 0 aromatic rings. The van der Waals surface area contributed by atoms with Gasteiger partial charge in [0.05, 0.1) is 5.75 Å². The molecule has 0 bridgehead atoms. The highest BCUT2D eigenvalue weighted by molar-refractivity contribution is 7.89. The van der Waals surface area contributed by atoms with Crippen molar-refractivity contribution in [3.63, 3.8) is 0 Å². The minimum absolute atomic E-state index is 0.0914. The molecule has 21 heavy (non-hydrogen) atoms. The van der Waals surface area contributed by atoms with Crippen LogP contribution >= 0.6 is 0 Å². The molecule has 2 fully saturated rings. The highest BCUT2D eigenvalue weighted by Gasteiger charge is 2.38. The van der Waals surface area contributed by atoms with E-state index in [-0.39, 0.29) is 17.7 Å². The second-order valence-electron chi connectivity index (χ2n) is 6.56. The summed E-state index contributed by atoms with van der Waals surface area (Å²) in [5, 5.41) is 3.09. The Morgan fingerprint density at radius 2 is 2.00 bits per heavy atom. The van der Waals surface area contributed by atoms with Crippen molar-refractivity contribution >= 4 is 15.9 Å². The van der Waals surface area contributed by atoms with Gasteiger partial charge in [-0.1, -0.05) is 26.7 Å². The fourth-order valence-corrected chi connectivity index (χ4v) is 5.32. The largest absolute Gasteiger partial charge is 0.352 e. The van der Waals surface area contributed by atoms with Gasteiger partial charge in [0.2, 0.25) is 15.9 Å². The van der Waals surface area contributed by atoms with Gasteiger partial charge in [0.1, 0.15) is 6.04 Å². The van der Waals surface area contributed by atoms with Crippen LogP contribution < -0.4 is 5.32 Å².